The summed E-state index contributed by atoms with van der Waals surface area (Å²) in [7, 11) is 1.83. The van der Waals surface area contributed by atoms with E-state index in [4.69, 9.17) is 5.73 Å². The normalized spacial score (nSPS) is 9.92. The molecule has 0 fully saturated rings. The van der Waals surface area contributed by atoms with E-state index in [2.05, 4.69) is 15.3 Å². The molecule has 1 aromatic heterocycles. The average molecular weight is 184 g/mol. The molecule has 0 saturated heterocycles. The molecule has 1 rings (SSSR count). The highest BCUT2D eigenvalue weighted by atomic mass is 32.2. The molecule has 0 aliphatic heterocycles. The molecule has 0 aliphatic carbocycles. The van der Waals surface area contributed by atoms with Crippen molar-refractivity contribution in [1.82, 2.24) is 9.97 Å². The molecule has 0 aliphatic rings. The van der Waals surface area contributed by atoms with Crippen molar-refractivity contribution in [3.8, 4) is 0 Å². The van der Waals surface area contributed by atoms with E-state index < -0.39 is 0 Å². The van der Waals surface area contributed by atoms with Gasteiger partial charge in [-0.1, -0.05) is 11.8 Å². The van der Waals surface area contributed by atoms with Crippen molar-refractivity contribution in [3.05, 3.63) is 11.8 Å². The highest BCUT2D eigenvalue weighted by molar-refractivity contribution is 7.98. The van der Waals surface area contributed by atoms with Gasteiger partial charge >= 0.3 is 0 Å². The molecule has 66 valence electrons. The number of hydrogen-bond acceptors (Lipinski definition) is 5. The quantitative estimate of drug-likeness (QED) is 0.535. The van der Waals surface area contributed by atoms with Crippen molar-refractivity contribution in [2.24, 2.45) is 5.73 Å². The predicted molar refractivity (Wildman–Crippen MR) is 51.3 cm³/mol. The van der Waals surface area contributed by atoms with Crippen molar-refractivity contribution in [1.29, 1.82) is 0 Å². The third kappa shape index (κ3) is 2.09. The van der Waals surface area contributed by atoms with Crippen molar-refractivity contribution in [2.45, 2.75) is 11.7 Å². The van der Waals surface area contributed by atoms with Crippen LogP contribution in [0.4, 0.5) is 5.82 Å². The largest absolute Gasteiger partial charge is 0.373 e. The summed E-state index contributed by atoms with van der Waals surface area (Å²) in [6.45, 7) is 0.449. The minimum absolute atomic E-state index is 0.449. The molecule has 0 amide bonds. The smallest absolute Gasteiger partial charge is 0.189 e. The first-order valence-electron chi connectivity index (χ1n) is 3.60. The summed E-state index contributed by atoms with van der Waals surface area (Å²) < 4.78 is 0. The van der Waals surface area contributed by atoms with Gasteiger partial charge in [0.15, 0.2) is 5.16 Å². The lowest BCUT2D eigenvalue weighted by molar-refractivity contribution is 0.879. The maximum atomic E-state index is 5.47. The Kier molecular flexibility index (Phi) is 3.31. The van der Waals surface area contributed by atoms with Crippen LogP contribution in [0, 0.1) is 0 Å². The van der Waals surface area contributed by atoms with E-state index >= 15 is 0 Å². The van der Waals surface area contributed by atoms with Crippen LogP contribution in [-0.2, 0) is 6.54 Å². The first kappa shape index (κ1) is 9.28. The topological polar surface area (TPSA) is 63.8 Å². The van der Waals surface area contributed by atoms with E-state index in [-0.39, 0.29) is 0 Å². The molecule has 0 atom stereocenters. The molecule has 0 radical (unpaired) electrons. The van der Waals surface area contributed by atoms with Crippen molar-refractivity contribution >= 4 is 17.6 Å². The van der Waals surface area contributed by atoms with Gasteiger partial charge in [0, 0.05) is 19.7 Å². The van der Waals surface area contributed by atoms with Crippen molar-refractivity contribution < 1.29 is 0 Å². The van der Waals surface area contributed by atoms with Crippen LogP contribution in [-0.4, -0.2) is 23.3 Å². The van der Waals surface area contributed by atoms with Crippen LogP contribution in [0.2, 0.25) is 0 Å². The average Bonchev–Trinajstić information content (AvgIpc) is 2.16. The molecular formula is C7H12N4S. The molecule has 0 spiro atoms. The molecule has 5 heteroatoms. The summed E-state index contributed by atoms with van der Waals surface area (Å²) in [5, 5.41) is 3.71. The summed E-state index contributed by atoms with van der Waals surface area (Å²) >= 11 is 1.51. The summed E-state index contributed by atoms with van der Waals surface area (Å²) in [4.78, 5) is 8.41. The number of thioether (sulfide) groups is 1. The summed E-state index contributed by atoms with van der Waals surface area (Å²) in [5.41, 5.74) is 6.33. The Morgan fingerprint density at radius 3 is 2.83 bits per heavy atom. The van der Waals surface area contributed by atoms with Crippen molar-refractivity contribution in [3.63, 3.8) is 0 Å². The van der Waals surface area contributed by atoms with E-state index in [0.29, 0.717) is 6.54 Å². The molecule has 0 saturated carbocycles. The first-order chi connectivity index (χ1) is 5.80. The standard InChI is InChI=1S/C7H12N4S/c1-9-6-3-5(4-8)10-7(11-6)12-2/h3H,4,8H2,1-2H3,(H,9,10,11). The molecule has 0 bridgehead atoms. The van der Waals surface area contributed by atoms with Crippen LogP contribution in [0.25, 0.3) is 0 Å². The lowest BCUT2D eigenvalue weighted by Crippen LogP contribution is -2.04. The van der Waals surface area contributed by atoms with Gasteiger partial charge in [0.25, 0.3) is 0 Å². The van der Waals surface area contributed by atoms with Gasteiger partial charge < -0.3 is 11.1 Å². The predicted octanol–water partition coefficient (Wildman–Crippen LogP) is 0.699. The van der Waals surface area contributed by atoms with Gasteiger partial charge in [-0.2, -0.15) is 0 Å². The molecule has 0 unspecified atom stereocenters. The Hall–Kier alpha value is -0.810. The second-order valence-corrected chi connectivity index (χ2v) is 2.96. The second-order valence-electron chi connectivity index (χ2n) is 2.19. The van der Waals surface area contributed by atoms with Gasteiger partial charge in [0.1, 0.15) is 5.82 Å². The number of anilines is 1. The lowest BCUT2D eigenvalue weighted by Gasteiger charge is -2.03. The molecular weight excluding hydrogens is 172 g/mol. The van der Waals surface area contributed by atoms with Crippen LogP contribution in [0.5, 0.6) is 0 Å². The Morgan fingerprint density at radius 1 is 1.58 bits per heavy atom. The van der Waals surface area contributed by atoms with E-state index in [9.17, 15) is 0 Å². The molecule has 12 heavy (non-hydrogen) atoms. The third-order valence-electron chi connectivity index (χ3n) is 1.41. The van der Waals surface area contributed by atoms with Gasteiger partial charge in [0.05, 0.1) is 5.69 Å². The van der Waals surface area contributed by atoms with E-state index in [1.165, 1.54) is 11.8 Å². The fourth-order valence-corrected chi connectivity index (χ4v) is 1.20. The number of hydrogen-bond donors (Lipinski definition) is 2. The first-order valence-corrected chi connectivity index (χ1v) is 4.82. The minimum Gasteiger partial charge on any atom is -0.373 e. The summed E-state index contributed by atoms with van der Waals surface area (Å²) in [6.07, 6.45) is 1.94. The molecule has 4 nitrogen and oxygen atoms in total. The molecule has 1 heterocycles. The van der Waals surface area contributed by atoms with Crippen LogP contribution < -0.4 is 11.1 Å². The highest BCUT2D eigenvalue weighted by Gasteiger charge is 2.00. The molecule has 3 N–H and O–H groups in total. The van der Waals surface area contributed by atoms with E-state index in [0.717, 1.165) is 16.7 Å². The SMILES string of the molecule is CNc1cc(CN)nc(SC)n1. The number of nitrogens with zero attached hydrogens (tertiary/aromatic N) is 2. The van der Waals surface area contributed by atoms with Gasteiger partial charge in [-0.15, -0.1) is 0 Å². The zero-order valence-corrected chi connectivity index (χ0v) is 7.98. The Balaban J connectivity index is 3.01. The summed E-state index contributed by atoms with van der Waals surface area (Å²) in [5.74, 6) is 0.815. The maximum absolute atomic E-state index is 5.47. The van der Waals surface area contributed by atoms with Crippen molar-refractivity contribution in [2.75, 3.05) is 18.6 Å². The zero-order valence-electron chi connectivity index (χ0n) is 7.16. The number of rotatable bonds is 3. The van der Waals surface area contributed by atoms with Crippen LogP contribution in [0.3, 0.4) is 0 Å². The van der Waals surface area contributed by atoms with E-state index in [1.54, 1.807) is 0 Å². The van der Waals surface area contributed by atoms with Crippen LogP contribution >= 0.6 is 11.8 Å². The number of nitrogens with one attached hydrogen (secondary N) is 1. The highest BCUT2D eigenvalue weighted by Crippen LogP contribution is 2.12. The monoisotopic (exact) mass is 184 g/mol. The van der Waals surface area contributed by atoms with Gasteiger partial charge in [-0.3, -0.25) is 0 Å². The van der Waals surface area contributed by atoms with Gasteiger partial charge in [0.2, 0.25) is 0 Å². The third-order valence-corrected chi connectivity index (χ3v) is 1.95. The lowest BCUT2D eigenvalue weighted by atomic mass is 10.4. The Morgan fingerprint density at radius 2 is 2.33 bits per heavy atom. The Labute approximate surface area is 76.0 Å². The van der Waals surface area contributed by atoms with E-state index in [1.807, 2.05) is 19.4 Å². The number of nitrogens with two attached hydrogens (primary N) is 1. The second kappa shape index (κ2) is 4.27. The summed E-state index contributed by atoms with van der Waals surface area (Å²) in [6, 6.07) is 1.85. The zero-order chi connectivity index (χ0) is 8.97. The molecule has 1 aromatic rings. The molecule has 0 aromatic carbocycles. The Bertz CT molecular complexity index is 208. The van der Waals surface area contributed by atoms with Gasteiger partial charge in [-0.25, -0.2) is 9.97 Å². The van der Waals surface area contributed by atoms with Crippen LogP contribution in [0.1, 0.15) is 5.69 Å². The fourth-order valence-electron chi connectivity index (χ4n) is 0.797. The van der Waals surface area contributed by atoms with Gasteiger partial charge in [-0.05, 0) is 6.26 Å². The number of aromatic nitrogens is 2. The maximum Gasteiger partial charge on any atom is 0.189 e. The minimum atomic E-state index is 0.449. The van der Waals surface area contributed by atoms with Crippen LogP contribution in [0.15, 0.2) is 11.2 Å². The fraction of sp³-hybridized carbons (Fsp3) is 0.429.